The van der Waals surface area contributed by atoms with Crippen LogP contribution in [0.3, 0.4) is 0 Å². The number of para-hydroxylation sites is 1. The second-order valence-electron chi connectivity index (χ2n) is 11.0. The van der Waals surface area contributed by atoms with Crippen molar-refractivity contribution in [1.29, 1.82) is 0 Å². The maximum Gasteiger partial charge on any atom is 0.240 e. The quantitative estimate of drug-likeness (QED) is 0.460. The summed E-state index contributed by atoms with van der Waals surface area (Å²) in [6.07, 6.45) is 0. The standard InChI is InChI=1S/C29H35FN4O2S/c1-18(2)15-31-23(35)16-33-24(36)17-37-26(20-11-9-12-21(30)14-20)25-27(29(4,5)6)32-34(28(25)33)22-13-8-7-10-19(22)3/h7-14,18,26H,15-17H2,1-6H3,(H,31,35)/t26-/m0/s1. The number of halogens is 1. The Morgan fingerprint density at radius 3 is 2.57 bits per heavy atom. The zero-order valence-electron chi connectivity index (χ0n) is 22.3. The number of nitrogens with one attached hydrogen (secondary N) is 1. The number of carbonyl (C=O) groups excluding carboxylic acids is 2. The molecule has 4 rings (SSSR count). The molecular weight excluding hydrogens is 487 g/mol. The largest absolute Gasteiger partial charge is 0.354 e. The SMILES string of the molecule is Cc1ccccc1-n1nc(C(C)(C)C)c2c1N(CC(=O)NCC(C)C)C(=O)CS[C@H]2c1cccc(F)c1. The molecule has 3 aromatic rings. The minimum atomic E-state index is -0.372. The first-order valence-corrected chi connectivity index (χ1v) is 13.7. The average Bonchev–Trinajstić information content (AvgIpc) is 3.16. The Balaban J connectivity index is 1.99. The Morgan fingerprint density at radius 2 is 1.92 bits per heavy atom. The van der Waals surface area contributed by atoms with E-state index in [-0.39, 0.29) is 46.5 Å². The van der Waals surface area contributed by atoms with E-state index in [2.05, 4.69) is 26.1 Å². The van der Waals surface area contributed by atoms with Gasteiger partial charge in [0.15, 0.2) is 0 Å². The van der Waals surface area contributed by atoms with Crippen molar-refractivity contribution in [2.45, 2.75) is 52.2 Å². The average molecular weight is 523 g/mol. The molecule has 1 aromatic heterocycles. The van der Waals surface area contributed by atoms with E-state index in [1.54, 1.807) is 15.6 Å². The van der Waals surface area contributed by atoms with Gasteiger partial charge in [-0.1, -0.05) is 65.0 Å². The van der Waals surface area contributed by atoms with Gasteiger partial charge in [0.25, 0.3) is 0 Å². The smallest absolute Gasteiger partial charge is 0.240 e. The topological polar surface area (TPSA) is 67.2 Å². The molecule has 0 bridgehead atoms. The molecule has 6 nitrogen and oxygen atoms in total. The third-order valence-corrected chi connectivity index (χ3v) is 7.56. The lowest BCUT2D eigenvalue weighted by molar-refractivity contribution is -0.123. The Kier molecular flexibility index (Phi) is 7.78. The highest BCUT2D eigenvalue weighted by molar-refractivity contribution is 8.00. The van der Waals surface area contributed by atoms with E-state index in [1.165, 1.54) is 23.9 Å². The first-order chi connectivity index (χ1) is 17.5. The van der Waals surface area contributed by atoms with Gasteiger partial charge in [0, 0.05) is 17.5 Å². The maximum atomic E-state index is 14.4. The summed E-state index contributed by atoms with van der Waals surface area (Å²) >= 11 is 1.45. The van der Waals surface area contributed by atoms with Crippen molar-refractivity contribution in [1.82, 2.24) is 15.1 Å². The van der Waals surface area contributed by atoms with Crippen molar-refractivity contribution < 1.29 is 14.0 Å². The van der Waals surface area contributed by atoms with Crippen LogP contribution in [0.25, 0.3) is 5.69 Å². The van der Waals surface area contributed by atoms with Crippen LogP contribution < -0.4 is 10.2 Å². The van der Waals surface area contributed by atoms with Crippen LogP contribution in [-0.4, -0.2) is 40.4 Å². The molecule has 2 aromatic carbocycles. The molecule has 1 atom stereocenters. The van der Waals surface area contributed by atoms with Gasteiger partial charge in [0.2, 0.25) is 11.8 Å². The number of rotatable bonds is 6. The third kappa shape index (κ3) is 5.74. The van der Waals surface area contributed by atoms with E-state index >= 15 is 0 Å². The molecule has 0 aliphatic carbocycles. The number of anilines is 1. The number of fused-ring (bicyclic) bond motifs is 1. The highest BCUT2D eigenvalue weighted by Gasteiger charge is 2.40. The molecule has 0 saturated heterocycles. The zero-order valence-corrected chi connectivity index (χ0v) is 23.2. The van der Waals surface area contributed by atoms with Crippen LogP contribution in [0, 0.1) is 18.7 Å². The van der Waals surface area contributed by atoms with Crippen molar-refractivity contribution in [2.24, 2.45) is 5.92 Å². The van der Waals surface area contributed by atoms with E-state index in [1.807, 2.05) is 51.1 Å². The maximum absolute atomic E-state index is 14.4. The van der Waals surface area contributed by atoms with Crippen molar-refractivity contribution in [3.8, 4) is 5.69 Å². The summed E-state index contributed by atoms with van der Waals surface area (Å²) in [4.78, 5) is 28.2. The van der Waals surface area contributed by atoms with Gasteiger partial charge in [-0.2, -0.15) is 5.10 Å². The number of thioether (sulfide) groups is 1. The van der Waals surface area contributed by atoms with Crippen molar-refractivity contribution >= 4 is 29.4 Å². The Morgan fingerprint density at radius 1 is 1.19 bits per heavy atom. The second kappa shape index (κ2) is 10.7. The van der Waals surface area contributed by atoms with E-state index in [0.717, 1.165) is 28.1 Å². The molecule has 1 aliphatic heterocycles. The van der Waals surface area contributed by atoms with Crippen LogP contribution in [0.15, 0.2) is 48.5 Å². The molecular formula is C29H35FN4O2S. The summed E-state index contributed by atoms with van der Waals surface area (Å²) in [6, 6.07) is 14.4. The number of hydrogen-bond donors (Lipinski definition) is 1. The fraction of sp³-hybridized carbons (Fsp3) is 0.414. The molecule has 0 spiro atoms. The molecule has 0 radical (unpaired) electrons. The number of aryl methyl sites for hydroxylation is 1. The van der Waals surface area contributed by atoms with Crippen molar-refractivity contribution in [2.75, 3.05) is 23.7 Å². The molecule has 0 unspecified atom stereocenters. The number of carbonyl (C=O) groups is 2. The van der Waals surface area contributed by atoms with Crippen molar-refractivity contribution in [3.05, 3.63) is 76.7 Å². The molecule has 196 valence electrons. The first kappa shape index (κ1) is 26.9. The highest BCUT2D eigenvalue weighted by atomic mass is 32.2. The second-order valence-corrected chi connectivity index (χ2v) is 12.1. The molecule has 37 heavy (non-hydrogen) atoms. The van der Waals surface area contributed by atoms with Gasteiger partial charge >= 0.3 is 0 Å². The fourth-order valence-electron chi connectivity index (χ4n) is 4.49. The minimum absolute atomic E-state index is 0.115. The molecule has 0 fully saturated rings. The van der Waals surface area contributed by atoms with Gasteiger partial charge in [-0.3, -0.25) is 14.5 Å². The molecule has 1 N–H and O–H groups in total. The summed E-state index contributed by atoms with van der Waals surface area (Å²) in [5, 5.41) is 7.70. The molecule has 0 saturated carbocycles. The molecule has 2 heterocycles. The number of hydrogen-bond acceptors (Lipinski definition) is 4. The number of amides is 2. The lowest BCUT2D eigenvalue weighted by Crippen LogP contribution is -2.43. The zero-order chi connectivity index (χ0) is 26.9. The van der Waals surface area contributed by atoms with Gasteiger partial charge in [-0.05, 0) is 42.2 Å². The molecule has 8 heteroatoms. The number of aromatic nitrogens is 2. The number of nitrogens with zero attached hydrogens (tertiary/aromatic N) is 3. The Bertz CT molecular complexity index is 1310. The summed E-state index contributed by atoms with van der Waals surface area (Å²) in [7, 11) is 0. The Hall–Kier alpha value is -3.13. The van der Waals surface area contributed by atoms with Gasteiger partial charge in [-0.25, -0.2) is 9.07 Å². The molecule has 1 aliphatic rings. The van der Waals surface area contributed by atoms with E-state index in [4.69, 9.17) is 5.10 Å². The predicted octanol–water partition coefficient (Wildman–Crippen LogP) is 5.56. The van der Waals surface area contributed by atoms with Gasteiger partial charge < -0.3 is 5.32 Å². The highest BCUT2D eigenvalue weighted by Crippen LogP contribution is 2.48. The van der Waals surface area contributed by atoms with Crippen LogP contribution in [0.4, 0.5) is 10.2 Å². The number of benzene rings is 2. The van der Waals surface area contributed by atoms with Crippen LogP contribution >= 0.6 is 11.8 Å². The fourth-order valence-corrected chi connectivity index (χ4v) is 5.68. The van der Waals surface area contributed by atoms with Gasteiger partial charge in [0.1, 0.15) is 18.2 Å². The minimum Gasteiger partial charge on any atom is -0.354 e. The van der Waals surface area contributed by atoms with E-state index < -0.39 is 0 Å². The summed E-state index contributed by atoms with van der Waals surface area (Å²) < 4.78 is 16.2. The predicted molar refractivity (Wildman–Crippen MR) is 148 cm³/mol. The van der Waals surface area contributed by atoms with E-state index in [9.17, 15) is 14.0 Å². The monoisotopic (exact) mass is 522 g/mol. The van der Waals surface area contributed by atoms with Crippen LogP contribution in [0.2, 0.25) is 0 Å². The van der Waals surface area contributed by atoms with E-state index in [0.29, 0.717) is 12.4 Å². The molecule has 2 amide bonds. The van der Waals surface area contributed by atoms with Crippen LogP contribution in [0.5, 0.6) is 0 Å². The normalized spacial score (nSPS) is 16.1. The summed E-state index contributed by atoms with van der Waals surface area (Å²) in [6.45, 7) is 12.7. The van der Waals surface area contributed by atoms with Crippen molar-refractivity contribution in [3.63, 3.8) is 0 Å². The van der Waals surface area contributed by atoms with Gasteiger partial charge in [0.05, 0.1) is 22.4 Å². The van der Waals surface area contributed by atoms with Gasteiger partial charge in [-0.15, -0.1) is 11.8 Å². The summed E-state index contributed by atoms with van der Waals surface area (Å²) in [5.41, 5.74) is 3.87. The third-order valence-electron chi connectivity index (χ3n) is 6.30. The summed E-state index contributed by atoms with van der Waals surface area (Å²) in [5.74, 6) is 0.284. The lowest BCUT2D eigenvalue weighted by atomic mass is 9.87. The lowest BCUT2D eigenvalue weighted by Gasteiger charge is -2.25. The first-order valence-electron chi connectivity index (χ1n) is 12.6. The van der Waals surface area contributed by atoms with Crippen LogP contribution in [0.1, 0.15) is 62.3 Å². The van der Waals surface area contributed by atoms with Crippen LogP contribution in [-0.2, 0) is 15.0 Å². The Labute approximate surface area is 222 Å².